The number of carbonyl (C=O) groups excluding carboxylic acids is 1. The van der Waals surface area contributed by atoms with Crippen LogP contribution in [0.25, 0.3) is 11.0 Å². The molecule has 23 heavy (non-hydrogen) atoms. The fourth-order valence-electron chi connectivity index (χ4n) is 2.29. The molecule has 0 amide bonds. The lowest BCUT2D eigenvalue weighted by atomic mass is 10.2. The topological polar surface area (TPSA) is 78.1 Å². The third-order valence-electron chi connectivity index (χ3n) is 3.84. The molecule has 6 nitrogen and oxygen atoms in total. The van der Waals surface area contributed by atoms with Crippen molar-refractivity contribution in [2.45, 2.75) is 34.3 Å². The van der Waals surface area contributed by atoms with Crippen molar-refractivity contribution < 1.29 is 14.1 Å². The number of esters is 1. The monoisotopic (exact) mass is 311 g/mol. The molecule has 118 valence electrons. The molecule has 0 aliphatic heterocycles. The van der Waals surface area contributed by atoms with E-state index in [1.165, 1.54) is 0 Å². The molecule has 2 aromatic heterocycles. The highest BCUT2D eigenvalue weighted by atomic mass is 16.5. The highest BCUT2D eigenvalue weighted by Crippen LogP contribution is 2.17. The second-order valence-corrected chi connectivity index (χ2v) is 5.48. The van der Waals surface area contributed by atoms with Gasteiger partial charge in [0.05, 0.1) is 39.2 Å². The lowest BCUT2D eigenvalue weighted by Crippen LogP contribution is -2.06. The summed E-state index contributed by atoms with van der Waals surface area (Å²) in [5.41, 5.74) is 5.14. The Hall–Kier alpha value is -2.76. The molecular formula is C17H17N3O3. The Morgan fingerprint density at radius 2 is 1.74 bits per heavy atom. The lowest BCUT2D eigenvalue weighted by Gasteiger charge is -2.06. The lowest BCUT2D eigenvalue weighted by molar-refractivity contribution is 0.0471. The molecule has 0 saturated heterocycles. The Morgan fingerprint density at radius 3 is 2.39 bits per heavy atom. The predicted octanol–water partition coefficient (Wildman–Crippen LogP) is 3.21. The van der Waals surface area contributed by atoms with E-state index >= 15 is 0 Å². The normalized spacial score (nSPS) is 11.0. The Balaban J connectivity index is 1.82. The van der Waals surface area contributed by atoms with E-state index in [0.29, 0.717) is 16.8 Å². The predicted molar refractivity (Wildman–Crippen MR) is 84.1 cm³/mol. The third-order valence-corrected chi connectivity index (χ3v) is 3.84. The van der Waals surface area contributed by atoms with Gasteiger partial charge in [-0.15, -0.1) is 0 Å². The van der Waals surface area contributed by atoms with E-state index in [4.69, 9.17) is 9.26 Å². The van der Waals surface area contributed by atoms with Crippen LogP contribution in [0.15, 0.2) is 22.7 Å². The molecule has 0 unspecified atom stereocenters. The average molecular weight is 311 g/mol. The van der Waals surface area contributed by atoms with Crippen molar-refractivity contribution in [2.75, 3.05) is 0 Å². The van der Waals surface area contributed by atoms with Crippen LogP contribution in [0.2, 0.25) is 0 Å². The smallest absolute Gasteiger partial charge is 0.338 e. The molecule has 6 heteroatoms. The summed E-state index contributed by atoms with van der Waals surface area (Å²) in [6.07, 6.45) is 0. The van der Waals surface area contributed by atoms with Crippen LogP contribution in [-0.2, 0) is 11.3 Å². The van der Waals surface area contributed by atoms with E-state index in [2.05, 4.69) is 15.1 Å². The Labute approximate surface area is 133 Å². The van der Waals surface area contributed by atoms with Gasteiger partial charge in [0.25, 0.3) is 0 Å². The minimum atomic E-state index is -0.410. The van der Waals surface area contributed by atoms with Crippen molar-refractivity contribution in [3.8, 4) is 0 Å². The number of ether oxygens (including phenoxy) is 1. The van der Waals surface area contributed by atoms with Crippen LogP contribution >= 0.6 is 0 Å². The maximum atomic E-state index is 12.2. The molecule has 3 aromatic rings. The van der Waals surface area contributed by atoms with Gasteiger partial charge in [-0.2, -0.15) is 0 Å². The summed E-state index contributed by atoms with van der Waals surface area (Å²) in [6.45, 7) is 7.55. The highest BCUT2D eigenvalue weighted by Gasteiger charge is 2.14. The van der Waals surface area contributed by atoms with E-state index in [9.17, 15) is 4.79 Å². The number of aryl methyl sites for hydroxylation is 4. The van der Waals surface area contributed by atoms with E-state index in [-0.39, 0.29) is 6.61 Å². The minimum absolute atomic E-state index is 0.136. The molecule has 3 rings (SSSR count). The molecule has 0 spiro atoms. The first kappa shape index (κ1) is 15.1. The van der Waals surface area contributed by atoms with Crippen LogP contribution in [0.5, 0.6) is 0 Å². The highest BCUT2D eigenvalue weighted by molar-refractivity contribution is 5.93. The number of hydrogen-bond acceptors (Lipinski definition) is 6. The molecule has 0 aliphatic rings. The quantitative estimate of drug-likeness (QED) is 0.691. The van der Waals surface area contributed by atoms with E-state index in [1.54, 1.807) is 25.1 Å². The zero-order valence-corrected chi connectivity index (χ0v) is 13.5. The van der Waals surface area contributed by atoms with Crippen molar-refractivity contribution in [1.29, 1.82) is 0 Å². The first-order valence-corrected chi connectivity index (χ1v) is 7.29. The van der Waals surface area contributed by atoms with Gasteiger partial charge in [-0.1, -0.05) is 5.16 Å². The van der Waals surface area contributed by atoms with Crippen LogP contribution < -0.4 is 0 Å². The maximum Gasteiger partial charge on any atom is 0.338 e. The maximum absolute atomic E-state index is 12.2. The Morgan fingerprint density at radius 1 is 1.04 bits per heavy atom. The zero-order valence-electron chi connectivity index (χ0n) is 13.5. The first-order chi connectivity index (χ1) is 11.0. The van der Waals surface area contributed by atoms with E-state index in [1.807, 2.05) is 20.8 Å². The van der Waals surface area contributed by atoms with Gasteiger partial charge in [0.15, 0.2) is 0 Å². The molecule has 0 aliphatic carbocycles. The van der Waals surface area contributed by atoms with E-state index in [0.717, 1.165) is 28.2 Å². The van der Waals surface area contributed by atoms with Crippen molar-refractivity contribution in [3.05, 3.63) is 52.2 Å². The summed E-state index contributed by atoms with van der Waals surface area (Å²) < 4.78 is 10.4. The van der Waals surface area contributed by atoms with Gasteiger partial charge in [-0.3, -0.25) is 0 Å². The molecule has 1 aromatic carbocycles. The number of aromatic nitrogens is 3. The molecule has 0 bridgehead atoms. The van der Waals surface area contributed by atoms with Gasteiger partial charge >= 0.3 is 5.97 Å². The summed E-state index contributed by atoms with van der Waals surface area (Å²) in [5.74, 6) is 0.248. The van der Waals surface area contributed by atoms with Crippen LogP contribution in [0, 0.1) is 27.7 Å². The van der Waals surface area contributed by atoms with Crippen LogP contribution in [0.4, 0.5) is 0 Å². The average Bonchev–Trinajstić information content (AvgIpc) is 2.84. The number of benzene rings is 1. The van der Waals surface area contributed by atoms with Crippen molar-refractivity contribution in [1.82, 2.24) is 15.1 Å². The van der Waals surface area contributed by atoms with Gasteiger partial charge in [-0.05, 0) is 45.9 Å². The molecule has 2 heterocycles. The molecule has 0 fully saturated rings. The molecule has 0 radical (unpaired) electrons. The summed E-state index contributed by atoms with van der Waals surface area (Å²) in [6, 6.07) is 5.17. The number of hydrogen-bond donors (Lipinski definition) is 0. The summed E-state index contributed by atoms with van der Waals surface area (Å²) in [4.78, 5) is 21.1. The van der Waals surface area contributed by atoms with Gasteiger partial charge in [0.1, 0.15) is 12.4 Å². The minimum Gasteiger partial charge on any atom is -0.457 e. The van der Waals surface area contributed by atoms with E-state index < -0.39 is 5.97 Å². The Bertz CT molecular complexity index is 880. The van der Waals surface area contributed by atoms with Gasteiger partial charge in [0, 0.05) is 0 Å². The fourth-order valence-corrected chi connectivity index (χ4v) is 2.29. The van der Waals surface area contributed by atoms with Crippen LogP contribution in [-0.4, -0.2) is 21.1 Å². The Kier molecular flexibility index (Phi) is 3.82. The summed E-state index contributed by atoms with van der Waals surface area (Å²) in [5, 5.41) is 3.84. The second-order valence-electron chi connectivity index (χ2n) is 5.48. The van der Waals surface area contributed by atoms with Gasteiger partial charge in [0.2, 0.25) is 0 Å². The molecular weight excluding hydrogens is 294 g/mol. The van der Waals surface area contributed by atoms with Crippen molar-refractivity contribution in [3.63, 3.8) is 0 Å². The van der Waals surface area contributed by atoms with Crippen molar-refractivity contribution >= 4 is 17.0 Å². The zero-order chi connectivity index (χ0) is 16.6. The molecule has 0 saturated carbocycles. The number of fused-ring (bicyclic) bond motifs is 1. The van der Waals surface area contributed by atoms with Gasteiger partial charge < -0.3 is 9.26 Å². The largest absolute Gasteiger partial charge is 0.457 e. The SMILES string of the molecule is Cc1nc2ccc(C(=O)OCc3c(C)noc3C)cc2nc1C. The standard InChI is InChI=1S/C17H17N3O3/c1-9-10(2)19-16-7-13(5-6-15(16)18-9)17(21)22-8-14-11(3)20-23-12(14)4/h5-7H,8H2,1-4H3. The van der Waals surface area contributed by atoms with Gasteiger partial charge in [-0.25, -0.2) is 14.8 Å². The number of carbonyl (C=O) groups is 1. The fraction of sp³-hybridized carbons (Fsp3) is 0.294. The van der Waals surface area contributed by atoms with Crippen LogP contribution in [0.3, 0.4) is 0 Å². The second kappa shape index (κ2) is 5.79. The summed E-state index contributed by atoms with van der Waals surface area (Å²) in [7, 11) is 0. The molecule has 0 atom stereocenters. The summed E-state index contributed by atoms with van der Waals surface area (Å²) >= 11 is 0. The number of nitrogens with zero attached hydrogens (tertiary/aromatic N) is 3. The number of rotatable bonds is 3. The van der Waals surface area contributed by atoms with Crippen LogP contribution in [0.1, 0.15) is 38.8 Å². The molecule has 0 N–H and O–H groups in total. The third kappa shape index (κ3) is 2.92. The first-order valence-electron chi connectivity index (χ1n) is 7.29. The van der Waals surface area contributed by atoms with Crippen molar-refractivity contribution in [2.24, 2.45) is 0 Å².